The standard InChI is InChI=1S/C29H33N5O/c35-26-11-9-22(10-12-26)13-15-31-29-32-16-14-27(33-29)25-8-4-5-23(19-25)20-34-18-17-30-28(21-34)24-6-2-1-3-7-24/h1-6,8-12,14,16,19,24,28,30,35H,7,13,15,17-18,20-21H2,(H,31,32,33)/t24?,28-/m0/s1. The second-order valence-corrected chi connectivity index (χ2v) is 9.32. The number of nitrogens with zero attached hydrogens (tertiary/aromatic N) is 3. The number of aromatic hydroxyl groups is 1. The van der Waals surface area contributed by atoms with E-state index in [2.05, 4.69) is 69.1 Å². The molecule has 3 N–H and O–H groups in total. The van der Waals surface area contributed by atoms with Crippen LogP contribution in [0.4, 0.5) is 5.95 Å². The van der Waals surface area contributed by atoms with Gasteiger partial charge in [0.15, 0.2) is 0 Å². The van der Waals surface area contributed by atoms with Gasteiger partial charge in [-0.15, -0.1) is 0 Å². The van der Waals surface area contributed by atoms with Gasteiger partial charge in [0.05, 0.1) is 5.69 Å². The smallest absolute Gasteiger partial charge is 0.223 e. The van der Waals surface area contributed by atoms with E-state index in [-0.39, 0.29) is 5.75 Å². The van der Waals surface area contributed by atoms with Crippen molar-refractivity contribution in [1.29, 1.82) is 0 Å². The number of anilines is 1. The Morgan fingerprint density at radius 3 is 2.83 bits per heavy atom. The number of piperazine rings is 1. The molecule has 0 spiro atoms. The van der Waals surface area contributed by atoms with Gasteiger partial charge in [-0.25, -0.2) is 9.97 Å². The van der Waals surface area contributed by atoms with E-state index in [1.165, 1.54) is 5.56 Å². The summed E-state index contributed by atoms with van der Waals surface area (Å²) in [5.74, 6) is 1.50. The van der Waals surface area contributed by atoms with Gasteiger partial charge in [-0.05, 0) is 54.2 Å². The quantitative estimate of drug-likeness (QED) is 0.456. The van der Waals surface area contributed by atoms with Crippen LogP contribution >= 0.6 is 0 Å². The van der Waals surface area contributed by atoms with Crippen LogP contribution in [0.15, 0.2) is 85.1 Å². The van der Waals surface area contributed by atoms with E-state index in [0.29, 0.717) is 17.9 Å². The zero-order valence-corrected chi connectivity index (χ0v) is 20.0. The largest absolute Gasteiger partial charge is 0.508 e. The van der Waals surface area contributed by atoms with Gasteiger partial charge in [-0.3, -0.25) is 4.90 Å². The maximum Gasteiger partial charge on any atom is 0.223 e. The average molecular weight is 468 g/mol. The molecule has 35 heavy (non-hydrogen) atoms. The molecule has 0 amide bonds. The lowest BCUT2D eigenvalue weighted by molar-refractivity contribution is 0.171. The highest BCUT2D eigenvalue weighted by Gasteiger charge is 2.25. The third-order valence-electron chi connectivity index (χ3n) is 6.74. The summed E-state index contributed by atoms with van der Waals surface area (Å²) >= 11 is 0. The molecule has 1 aliphatic heterocycles. The second-order valence-electron chi connectivity index (χ2n) is 9.32. The van der Waals surface area contributed by atoms with E-state index >= 15 is 0 Å². The monoisotopic (exact) mass is 467 g/mol. The third-order valence-corrected chi connectivity index (χ3v) is 6.74. The van der Waals surface area contributed by atoms with Crippen molar-refractivity contribution < 1.29 is 5.11 Å². The minimum Gasteiger partial charge on any atom is -0.508 e. The van der Waals surface area contributed by atoms with Crippen LogP contribution in [-0.2, 0) is 13.0 Å². The van der Waals surface area contributed by atoms with Crippen molar-refractivity contribution in [2.45, 2.75) is 25.4 Å². The van der Waals surface area contributed by atoms with Crippen LogP contribution in [0.3, 0.4) is 0 Å². The number of phenols is 1. The van der Waals surface area contributed by atoms with Crippen molar-refractivity contribution in [1.82, 2.24) is 20.2 Å². The Morgan fingerprint density at radius 1 is 1.06 bits per heavy atom. The minimum absolute atomic E-state index is 0.288. The summed E-state index contributed by atoms with van der Waals surface area (Å²) in [6, 6.07) is 18.5. The number of rotatable bonds is 8. The van der Waals surface area contributed by atoms with E-state index in [1.807, 2.05) is 24.4 Å². The Bertz CT molecular complexity index is 1170. The van der Waals surface area contributed by atoms with Gasteiger partial charge >= 0.3 is 0 Å². The van der Waals surface area contributed by atoms with Gasteiger partial charge in [0.1, 0.15) is 5.75 Å². The highest BCUT2D eigenvalue weighted by Crippen LogP contribution is 2.22. The Morgan fingerprint density at radius 2 is 1.97 bits per heavy atom. The fourth-order valence-corrected chi connectivity index (χ4v) is 4.84. The Hall–Kier alpha value is -3.48. The molecular weight excluding hydrogens is 434 g/mol. The first-order chi connectivity index (χ1) is 17.2. The summed E-state index contributed by atoms with van der Waals surface area (Å²) in [4.78, 5) is 11.7. The molecule has 6 nitrogen and oxygen atoms in total. The fourth-order valence-electron chi connectivity index (χ4n) is 4.84. The first-order valence-corrected chi connectivity index (χ1v) is 12.5. The van der Waals surface area contributed by atoms with E-state index in [9.17, 15) is 5.11 Å². The molecule has 0 radical (unpaired) electrons. The first kappa shape index (κ1) is 23.3. The molecular formula is C29H33N5O. The normalized spacial score (nSPS) is 20.1. The number of hydrogen-bond acceptors (Lipinski definition) is 6. The highest BCUT2D eigenvalue weighted by atomic mass is 16.3. The van der Waals surface area contributed by atoms with Crippen molar-refractivity contribution in [2.24, 2.45) is 5.92 Å². The molecule has 5 rings (SSSR count). The summed E-state index contributed by atoms with van der Waals surface area (Å²) in [5.41, 5.74) is 4.50. The number of phenolic OH excluding ortho intramolecular Hbond substituents is 1. The predicted octanol–water partition coefficient (Wildman–Crippen LogP) is 4.41. The lowest BCUT2D eigenvalue weighted by Crippen LogP contribution is -2.53. The molecule has 1 aliphatic carbocycles. The van der Waals surface area contributed by atoms with Crippen molar-refractivity contribution in [2.75, 3.05) is 31.5 Å². The number of allylic oxidation sites excluding steroid dienone is 3. The number of nitrogens with one attached hydrogen (secondary N) is 2. The molecule has 1 fully saturated rings. The maximum atomic E-state index is 9.43. The molecule has 2 atom stereocenters. The molecule has 1 unspecified atom stereocenters. The average Bonchev–Trinajstić information content (AvgIpc) is 2.91. The van der Waals surface area contributed by atoms with E-state index in [4.69, 9.17) is 4.98 Å². The summed E-state index contributed by atoms with van der Waals surface area (Å²) in [6.45, 7) is 4.83. The molecule has 2 heterocycles. The van der Waals surface area contributed by atoms with Crippen LogP contribution in [0.25, 0.3) is 11.3 Å². The third kappa shape index (κ3) is 6.35. The summed E-state index contributed by atoms with van der Waals surface area (Å²) in [6.07, 6.45) is 12.7. The van der Waals surface area contributed by atoms with Crippen LogP contribution in [0.5, 0.6) is 5.75 Å². The van der Waals surface area contributed by atoms with Crippen LogP contribution in [0.2, 0.25) is 0 Å². The van der Waals surface area contributed by atoms with Gasteiger partial charge in [-0.1, -0.05) is 54.6 Å². The lowest BCUT2D eigenvalue weighted by Gasteiger charge is -2.37. The van der Waals surface area contributed by atoms with Crippen LogP contribution in [0, 0.1) is 5.92 Å². The number of hydrogen-bond donors (Lipinski definition) is 3. The molecule has 2 aromatic carbocycles. The van der Waals surface area contributed by atoms with Crippen molar-refractivity contribution in [3.8, 4) is 17.0 Å². The SMILES string of the molecule is Oc1ccc(CCNc2nccc(-c3cccc(CN4CCN[C@H](C5C=CC=CC5)C4)c3)n2)cc1. The molecule has 3 aromatic rings. The topological polar surface area (TPSA) is 73.3 Å². The molecule has 180 valence electrons. The zero-order chi connectivity index (χ0) is 23.9. The highest BCUT2D eigenvalue weighted by molar-refractivity contribution is 5.61. The van der Waals surface area contributed by atoms with E-state index in [1.54, 1.807) is 12.1 Å². The Balaban J connectivity index is 1.19. The second kappa shape index (κ2) is 11.3. The van der Waals surface area contributed by atoms with Gasteiger partial charge in [0, 0.05) is 50.5 Å². The van der Waals surface area contributed by atoms with Gasteiger partial charge in [0.2, 0.25) is 5.95 Å². The summed E-state index contributed by atoms with van der Waals surface area (Å²) < 4.78 is 0. The summed E-state index contributed by atoms with van der Waals surface area (Å²) in [5, 5.41) is 16.5. The molecule has 6 heteroatoms. The van der Waals surface area contributed by atoms with Crippen molar-refractivity contribution >= 4 is 5.95 Å². The lowest BCUT2D eigenvalue weighted by atomic mass is 9.91. The molecule has 1 aromatic heterocycles. The van der Waals surface area contributed by atoms with Gasteiger partial charge in [-0.2, -0.15) is 0 Å². The Kier molecular flexibility index (Phi) is 7.51. The maximum absolute atomic E-state index is 9.43. The molecule has 0 bridgehead atoms. The predicted molar refractivity (Wildman–Crippen MR) is 141 cm³/mol. The van der Waals surface area contributed by atoms with E-state index < -0.39 is 0 Å². The van der Waals surface area contributed by atoms with Gasteiger partial charge in [0.25, 0.3) is 0 Å². The molecule has 1 saturated heterocycles. The fraction of sp³-hybridized carbons (Fsp3) is 0.310. The van der Waals surface area contributed by atoms with Crippen LogP contribution in [0.1, 0.15) is 17.5 Å². The van der Waals surface area contributed by atoms with Crippen molar-refractivity contribution in [3.05, 3.63) is 96.2 Å². The van der Waals surface area contributed by atoms with E-state index in [0.717, 1.165) is 62.4 Å². The molecule has 2 aliphatic rings. The van der Waals surface area contributed by atoms with Crippen molar-refractivity contribution in [3.63, 3.8) is 0 Å². The van der Waals surface area contributed by atoms with Crippen LogP contribution in [-0.4, -0.2) is 52.2 Å². The summed E-state index contributed by atoms with van der Waals surface area (Å²) in [7, 11) is 0. The van der Waals surface area contributed by atoms with Gasteiger partial charge < -0.3 is 15.7 Å². The minimum atomic E-state index is 0.288. The zero-order valence-electron chi connectivity index (χ0n) is 20.0. The number of benzene rings is 2. The Labute approximate surface area is 207 Å². The van der Waals surface area contributed by atoms with Crippen LogP contribution < -0.4 is 10.6 Å². The molecule has 0 saturated carbocycles. The first-order valence-electron chi connectivity index (χ1n) is 12.5. The number of aromatic nitrogens is 2.